The van der Waals surface area contributed by atoms with Gasteiger partial charge in [0.1, 0.15) is 17.5 Å². The van der Waals surface area contributed by atoms with Gasteiger partial charge in [0.15, 0.2) is 0 Å². The molecule has 2 aromatic rings. The van der Waals surface area contributed by atoms with Crippen LogP contribution in [0, 0.1) is 0 Å². The molecule has 0 bridgehead atoms. The van der Waals surface area contributed by atoms with Crippen LogP contribution < -0.4 is 10.7 Å². The van der Waals surface area contributed by atoms with E-state index in [-0.39, 0.29) is 5.69 Å². The lowest BCUT2D eigenvalue weighted by Crippen LogP contribution is -2.26. The van der Waals surface area contributed by atoms with E-state index in [0.29, 0.717) is 11.0 Å². The molecule has 0 atom stereocenters. The Labute approximate surface area is 101 Å². The summed E-state index contributed by atoms with van der Waals surface area (Å²) < 4.78 is 9.40. The van der Waals surface area contributed by atoms with Gasteiger partial charge in [-0.15, -0.1) is 0 Å². The number of para-hydroxylation sites is 1. The van der Waals surface area contributed by atoms with Gasteiger partial charge in [-0.1, -0.05) is 12.1 Å². The summed E-state index contributed by atoms with van der Waals surface area (Å²) in [6.45, 7) is 0. The molecular formula is C12H9NO5. The van der Waals surface area contributed by atoms with Crippen molar-refractivity contribution in [1.29, 1.82) is 0 Å². The number of fused-ring (bicyclic) bond motifs is 1. The number of carbonyl (C=O) groups excluding carboxylic acids is 2. The fourth-order valence-corrected chi connectivity index (χ4v) is 1.43. The molecule has 0 unspecified atom stereocenters. The van der Waals surface area contributed by atoms with Crippen molar-refractivity contribution in [1.82, 2.24) is 0 Å². The maximum Gasteiger partial charge on any atom is 0.396 e. The Morgan fingerprint density at radius 1 is 1.28 bits per heavy atom. The van der Waals surface area contributed by atoms with E-state index in [2.05, 4.69) is 10.1 Å². The lowest BCUT2D eigenvalue weighted by molar-refractivity contribution is -0.150. The number of methoxy groups -OCH3 is 1. The highest BCUT2D eigenvalue weighted by atomic mass is 16.5. The Morgan fingerprint density at radius 2 is 2.00 bits per heavy atom. The number of amides is 1. The van der Waals surface area contributed by atoms with Crippen LogP contribution in [0.2, 0.25) is 0 Å². The highest BCUT2D eigenvalue weighted by molar-refractivity contribution is 6.37. The molecule has 1 aromatic heterocycles. The molecule has 0 spiro atoms. The number of hydrogen-bond donors (Lipinski definition) is 1. The predicted octanol–water partition coefficient (Wildman–Crippen LogP) is 0.904. The Hall–Kier alpha value is -2.63. The first kappa shape index (κ1) is 11.8. The molecule has 0 saturated heterocycles. The number of rotatable bonds is 1. The zero-order valence-electron chi connectivity index (χ0n) is 9.43. The van der Waals surface area contributed by atoms with Gasteiger partial charge in [0.05, 0.1) is 12.5 Å². The highest BCUT2D eigenvalue weighted by Gasteiger charge is 2.16. The molecule has 92 valence electrons. The largest absolute Gasteiger partial charge is 0.462 e. The van der Waals surface area contributed by atoms with Crippen molar-refractivity contribution in [3.05, 3.63) is 40.8 Å². The van der Waals surface area contributed by atoms with Crippen LogP contribution in [0.25, 0.3) is 11.0 Å². The van der Waals surface area contributed by atoms with E-state index in [1.54, 1.807) is 24.3 Å². The maximum absolute atomic E-state index is 11.9. The Balaban J connectivity index is 2.41. The molecular weight excluding hydrogens is 238 g/mol. The average molecular weight is 247 g/mol. The van der Waals surface area contributed by atoms with Crippen LogP contribution in [-0.2, 0) is 14.3 Å². The van der Waals surface area contributed by atoms with Crippen LogP contribution >= 0.6 is 0 Å². The number of hydrogen-bond acceptors (Lipinski definition) is 5. The highest BCUT2D eigenvalue weighted by Crippen LogP contribution is 2.12. The van der Waals surface area contributed by atoms with Gasteiger partial charge in [-0.3, -0.25) is 9.59 Å². The zero-order valence-corrected chi connectivity index (χ0v) is 9.43. The van der Waals surface area contributed by atoms with E-state index in [0.717, 1.165) is 13.4 Å². The summed E-state index contributed by atoms with van der Waals surface area (Å²) in [7, 11) is 1.07. The summed E-state index contributed by atoms with van der Waals surface area (Å²) in [6.07, 6.45) is 1.09. The minimum Gasteiger partial charge on any atom is -0.462 e. The van der Waals surface area contributed by atoms with E-state index >= 15 is 0 Å². The lowest BCUT2D eigenvalue weighted by Gasteiger charge is -2.03. The van der Waals surface area contributed by atoms with E-state index in [9.17, 15) is 14.4 Å². The molecule has 0 radical (unpaired) electrons. The van der Waals surface area contributed by atoms with E-state index in [4.69, 9.17) is 4.42 Å². The molecule has 6 heteroatoms. The normalized spacial score (nSPS) is 10.1. The van der Waals surface area contributed by atoms with Crippen LogP contribution in [0.5, 0.6) is 0 Å². The minimum atomic E-state index is -1.08. The van der Waals surface area contributed by atoms with Crippen LogP contribution in [0.4, 0.5) is 5.69 Å². The first-order chi connectivity index (χ1) is 8.63. The molecule has 6 nitrogen and oxygen atoms in total. The number of esters is 1. The lowest BCUT2D eigenvalue weighted by atomic mass is 10.2. The van der Waals surface area contributed by atoms with E-state index in [1.165, 1.54) is 0 Å². The Kier molecular flexibility index (Phi) is 3.09. The predicted molar refractivity (Wildman–Crippen MR) is 63.1 cm³/mol. The topological polar surface area (TPSA) is 85.6 Å². The van der Waals surface area contributed by atoms with Gasteiger partial charge in [-0.25, -0.2) is 4.79 Å². The number of benzene rings is 1. The SMILES string of the molecule is COC(=O)C(=O)Nc1coc2ccccc2c1=O. The van der Waals surface area contributed by atoms with Gasteiger partial charge in [0.2, 0.25) is 5.43 Å². The first-order valence-electron chi connectivity index (χ1n) is 5.03. The maximum atomic E-state index is 11.9. The molecule has 1 aromatic carbocycles. The van der Waals surface area contributed by atoms with Gasteiger partial charge in [0.25, 0.3) is 0 Å². The number of carbonyl (C=O) groups is 2. The molecule has 18 heavy (non-hydrogen) atoms. The fourth-order valence-electron chi connectivity index (χ4n) is 1.43. The fraction of sp³-hybridized carbons (Fsp3) is 0.0833. The minimum absolute atomic E-state index is 0.107. The number of nitrogens with one attached hydrogen (secondary N) is 1. The third kappa shape index (κ3) is 2.08. The molecule has 0 fully saturated rings. The third-order valence-electron chi connectivity index (χ3n) is 2.30. The van der Waals surface area contributed by atoms with Gasteiger partial charge < -0.3 is 14.5 Å². The molecule has 0 aliphatic carbocycles. The summed E-state index contributed by atoms with van der Waals surface area (Å²) in [6, 6.07) is 6.58. The quantitative estimate of drug-likeness (QED) is 0.597. The molecule has 1 heterocycles. The van der Waals surface area contributed by atoms with Crippen molar-refractivity contribution in [3.8, 4) is 0 Å². The molecule has 0 saturated carbocycles. The first-order valence-corrected chi connectivity index (χ1v) is 5.03. The van der Waals surface area contributed by atoms with Gasteiger partial charge in [-0.2, -0.15) is 0 Å². The van der Waals surface area contributed by atoms with E-state index in [1.807, 2.05) is 0 Å². The molecule has 1 amide bonds. The summed E-state index contributed by atoms with van der Waals surface area (Å²) in [5.41, 5.74) is -0.128. The molecule has 0 aliphatic heterocycles. The second kappa shape index (κ2) is 4.70. The van der Waals surface area contributed by atoms with Crippen molar-refractivity contribution >= 4 is 28.5 Å². The molecule has 2 rings (SSSR count). The van der Waals surface area contributed by atoms with Crippen LogP contribution in [0.1, 0.15) is 0 Å². The summed E-state index contributed by atoms with van der Waals surface area (Å²) >= 11 is 0. The van der Waals surface area contributed by atoms with Gasteiger partial charge in [-0.05, 0) is 12.1 Å². The number of ether oxygens (including phenoxy) is 1. The van der Waals surface area contributed by atoms with Gasteiger partial charge >= 0.3 is 11.9 Å². The summed E-state index contributed by atoms with van der Waals surface area (Å²) in [4.78, 5) is 34.1. The smallest absolute Gasteiger partial charge is 0.396 e. The van der Waals surface area contributed by atoms with Crippen molar-refractivity contribution in [2.24, 2.45) is 0 Å². The number of anilines is 1. The summed E-state index contributed by atoms with van der Waals surface area (Å²) in [5, 5.41) is 2.45. The van der Waals surface area contributed by atoms with Crippen molar-refractivity contribution in [2.45, 2.75) is 0 Å². The van der Waals surface area contributed by atoms with Crippen LogP contribution in [0.15, 0.2) is 39.7 Å². The molecule has 0 aliphatic rings. The third-order valence-corrected chi connectivity index (χ3v) is 2.30. The van der Waals surface area contributed by atoms with Crippen molar-refractivity contribution < 1.29 is 18.7 Å². The van der Waals surface area contributed by atoms with E-state index < -0.39 is 17.3 Å². The second-order valence-electron chi connectivity index (χ2n) is 3.42. The Morgan fingerprint density at radius 3 is 2.72 bits per heavy atom. The van der Waals surface area contributed by atoms with Crippen LogP contribution in [0.3, 0.4) is 0 Å². The molecule has 1 N–H and O–H groups in total. The monoisotopic (exact) mass is 247 g/mol. The standard InChI is InChI=1S/C12H9NO5/c1-17-12(16)11(15)13-8-6-18-9-5-3-2-4-7(9)10(8)14/h2-6H,1H3,(H,13,15). The van der Waals surface area contributed by atoms with Crippen molar-refractivity contribution in [3.63, 3.8) is 0 Å². The summed E-state index contributed by atoms with van der Waals surface area (Å²) in [5.74, 6) is -2.11. The van der Waals surface area contributed by atoms with Crippen LogP contribution in [-0.4, -0.2) is 19.0 Å². The van der Waals surface area contributed by atoms with Gasteiger partial charge in [0, 0.05) is 0 Å². The van der Waals surface area contributed by atoms with Crippen molar-refractivity contribution in [2.75, 3.05) is 12.4 Å². The zero-order chi connectivity index (χ0) is 13.1. The average Bonchev–Trinajstić information content (AvgIpc) is 2.41. The Bertz CT molecular complexity index is 673. The second-order valence-corrected chi connectivity index (χ2v) is 3.42.